The van der Waals surface area contributed by atoms with E-state index < -0.39 is 0 Å². The summed E-state index contributed by atoms with van der Waals surface area (Å²) in [6.07, 6.45) is 1.52. The van der Waals surface area contributed by atoms with Gasteiger partial charge < -0.3 is 16.0 Å². The molecule has 6 heteroatoms. The minimum atomic E-state index is 0. The Morgan fingerprint density at radius 1 is 1.43 bits per heavy atom. The van der Waals surface area contributed by atoms with Crippen molar-refractivity contribution < 1.29 is 4.79 Å². The molecular weight excluding hydrogens is 403 g/mol. The molecule has 1 fully saturated rings. The van der Waals surface area contributed by atoms with Crippen LogP contribution in [0.5, 0.6) is 0 Å². The molecule has 3 atom stereocenters. The quantitative estimate of drug-likeness (QED) is 0.429. The van der Waals surface area contributed by atoms with E-state index in [0.717, 1.165) is 12.0 Å². The van der Waals surface area contributed by atoms with E-state index in [2.05, 4.69) is 36.3 Å². The number of amides is 1. The van der Waals surface area contributed by atoms with Crippen molar-refractivity contribution in [2.45, 2.75) is 38.8 Å². The van der Waals surface area contributed by atoms with E-state index in [0.29, 0.717) is 25.0 Å². The number of hydrogen-bond donors (Lipinski definition) is 2. The molecule has 3 unspecified atom stereocenters. The lowest BCUT2D eigenvalue weighted by atomic mass is 9.94. The van der Waals surface area contributed by atoms with Gasteiger partial charge in [0.1, 0.15) is 0 Å². The zero-order valence-electron chi connectivity index (χ0n) is 14.0. The van der Waals surface area contributed by atoms with Crippen LogP contribution in [0.1, 0.15) is 38.3 Å². The van der Waals surface area contributed by atoms with Crippen molar-refractivity contribution in [1.82, 2.24) is 10.2 Å². The number of likely N-dealkylation sites (tertiary alicyclic amines) is 1. The molecule has 3 N–H and O–H groups in total. The van der Waals surface area contributed by atoms with Crippen molar-refractivity contribution in [1.29, 1.82) is 0 Å². The maximum atomic E-state index is 12.1. The molecule has 1 aliphatic heterocycles. The van der Waals surface area contributed by atoms with Gasteiger partial charge in [-0.05, 0) is 18.9 Å². The Morgan fingerprint density at radius 3 is 2.70 bits per heavy atom. The maximum Gasteiger partial charge on any atom is 0.223 e. The predicted molar refractivity (Wildman–Crippen MR) is 105 cm³/mol. The normalized spacial score (nSPS) is 22.7. The van der Waals surface area contributed by atoms with Gasteiger partial charge in [-0.1, -0.05) is 37.3 Å². The van der Waals surface area contributed by atoms with Crippen molar-refractivity contribution in [2.24, 2.45) is 16.6 Å². The van der Waals surface area contributed by atoms with Gasteiger partial charge in [0, 0.05) is 32.0 Å². The molecule has 1 aromatic carbocycles. The van der Waals surface area contributed by atoms with Gasteiger partial charge in [0.15, 0.2) is 5.96 Å². The van der Waals surface area contributed by atoms with Crippen LogP contribution in [-0.4, -0.2) is 36.4 Å². The first-order chi connectivity index (χ1) is 10.5. The van der Waals surface area contributed by atoms with Crippen molar-refractivity contribution in [3.05, 3.63) is 35.9 Å². The molecule has 5 nitrogen and oxygen atoms in total. The van der Waals surface area contributed by atoms with Crippen LogP contribution < -0.4 is 11.1 Å². The minimum Gasteiger partial charge on any atom is -0.370 e. The lowest BCUT2D eigenvalue weighted by Gasteiger charge is -2.24. The van der Waals surface area contributed by atoms with Gasteiger partial charge in [0.2, 0.25) is 5.91 Å². The lowest BCUT2D eigenvalue weighted by Crippen LogP contribution is -2.38. The van der Waals surface area contributed by atoms with Gasteiger partial charge in [0.05, 0.1) is 6.04 Å². The Morgan fingerprint density at radius 2 is 2.09 bits per heavy atom. The Bertz CT molecular complexity index is 535. The number of nitrogens with two attached hydrogens (primary N) is 1. The number of rotatable bonds is 5. The third-order valence-electron chi connectivity index (χ3n) is 4.34. The Labute approximate surface area is 155 Å². The third kappa shape index (κ3) is 5.09. The zero-order valence-corrected chi connectivity index (χ0v) is 16.4. The van der Waals surface area contributed by atoms with Crippen LogP contribution in [0, 0.1) is 5.92 Å². The van der Waals surface area contributed by atoms with E-state index in [4.69, 9.17) is 5.73 Å². The second-order valence-corrected chi connectivity index (χ2v) is 6.00. The van der Waals surface area contributed by atoms with Crippen LogP contribution in [0.25, 0.3) is 0 Å². The van der Waals surface area contributed by atoms with E-state index in [1.165, 1.54) is 0 Å². The van der Waals surface area contributed by atoms with Crippen LogP contribution in [0.15, 0.2) is 35.3 Å². The average Bonchev–Trinajstić information content (AvgIpc) is 2.81. The fourth-order valence-electron chi connectivity index (χ4n) is 2.88. The van der Waals surface area contributed by atoms with E-state index in [9.17, 15) is 4.79 Å². The number of guanidine groups is 1. The molecule has 0 aromatic heterocycles. The molecule has 1 amide bonds. The predicted octanol–water partition coefficient (Wildman–Crippen LogP) is 2.53. The smallest absolute Gasteiger partial charge is 0.223 e. The van der Waals surface area contributed by atoms with E-state index in [1.54, 1.807) is 0 Å². The topological polar surface area (TPSA) is 70.7 Å². The third-order valence-corrected chi connectivity index (χ3v) is 4.34. The lowest BCUT2D eigenvalue weighted by molar-refractivity contribution is -0.127. The molecule has 128 valence electrons. The van der Waals surface area contributed by atoms with E-state index in [1.807, 2.05) is 30.1 Å². The molecular formula is C17H27IN4O. The molecule has 23 heavy (non-hydrogen) atoms. The molecule has 1 aromatic rings. The summed E-state index contributed by atoms with van der Waals surface area (Å²) in [5, 5.41) is 3.16. The fourth-order valence-corrected chi connectivity index (χ4v) is 2.88. The number of nitrogens with zero attached hydrogens (tertiary/aromatic N) is 2. The first-order valence-corrected chi connectivity index (χ1v) is 7.90. The molecule has 0 radical (unpaired) electrons. The monoisotopic (exact) mass is 430 g/mol. The number of halogens is 1. The van der Waals surface area contributed by atoms with Gasteiger partial charge in [-0.25, -0.2) is 0 Å². The van der Waals surface area contributed by atoms with E-state index >= 15 is 0 Å². The van der Waals surface area contributed by atoms with Crippen molar-refractivity contribution >= 4 is 35.8 Å². The van der Waals surface area contributed by atoms with Crippen molar-refractivity contribution in [3.8, 4) is 0 Å². The van der Waals surface area contributed by atoms with E-state index in [-0.39, 0.29) is 41.8 Å². The highest BCUT2D eigenvalue weighted by Gasteiger charge is 2.38. The number of hydrogen-bond acceptors (Lipinski definition) is 2. The summed E-state index contributed by atoms with van der Waals surface area (Å²) >= 11 is 0. The summed E-state index contributed by atoms with van der Waals surface area (Å²) in [5.74, 6) is 0.794. The second kappa shape index (κ2) is 9.10. The first kappa shape index (κ1) is 19.7. The summed E-state index contributed by atoms with van der Waals surface area (Å²) in [6, 6.07) is 10.5. The van der Waals surface area contributed by atoms with Crippen LogP contribution in [-0.2, 0) is 4.79 Å². The van der Waals surface area contributed by atoms with Crippen LogP contribution in [0.4, 0.5) is 0 Å². The Kier molecular flexibility index (Phi) is 7.81. The van der Waals surface area contributed by atoms with Crippen molar-refractivity contribution in [3.63, 3.8) is 0 Å². The maximum absolute atomic E-state index is 12.1. The van der Waals surface area contributed by atoms with Crippen LogP contribution in [0.2, 0.25) is 0 Å². The summed E-state index contributed by atoms with van der Waals surface area (Å²) in [6.45, 7) is 4.73. The molecule has 1 heterocycles. The SMILES string of the molecule is CCC(C)NC(N)=NCC1CC(=O)N(C)C1c1ccccc1.I. The number of carbonyl (C=O) groups is 1. The second-order valence-electron chi connectivity index (χ2n) is 6.00. The number of benzene rings is 1. The Balaban J connectivity index is 0.00000264. The standard InChI is InChI=1S/C17H26N4O.HI/c1-4-12(2)20-17(18)19-11-14-10-15(22)21(3)16(14)13-8-6-5-7-9-13;/h5-9,12,14,16H,4,10-11H2,1-3H3,(H3,18,19,20);1H. The van der Waals surface area contributed by atoms with Gasteiger partial charge >= 0.3 is 0 Å². The number of carbonyl (C=O) groups excluding carboxylic acids is 1. The molecule has 0 bridgehead atoms. The highest BCUT2D eigenvalue weighted by molar-refractivity contribution is 14.0. The Hall–Kier alpha value is -1.31. The minimum absolute atomic E-state index is 0. The summed E-state index contributed by atoms with van der Waals surface area (Å²) in [7, 11) is 1.87. The number of nitrogens with one attached hydrogen (secondary N) is 1. The van der Waals surface area contributed by atoms with Gasteiger partial charge in [-0.15, -0.1) is 24.0 Å². The highest BCUT2D eigenvalue weighted by Crippen LogP contribution is 2.36. The summed E-state index contributed by atoms with van der Waals surface area (Å²) < 4.78 is 0. The average molecular weight is 430 g/mol. The molecule has 0 spiro atoms. The molecule has 0 saturated carbocycles. The molecule has 1 saturated heterocycles. The highest BCUT2D eigenvalue weighted by atomic mass is 127. The molecule has 1 aliphatic rings. The van der Waals surface area contributed by atoms with Crippen molar-refractivity contribution in [2.75, 3.05) is 13.6 Å². The van der Waals surface area contributed by atoms with Crippen LogP contribution in [0.3, 0.4) is 0 Å². The summed E-state index contributed by atoms with van der Waals surface area (Å²) in [5.41, 5.74) is 7.08. The van der Waals surface area contributed by atoms with Crippen LogP contribution >= 0.6 is 24.0 Å². The number of aliphatic imine (C=N–C) groups is 1. The van der Waals surface area contributed by atoms with Gasteiger partial charge in [-0.3, -0.25) is 9.79 Å². The fraction of sp³-hybridized carbons (Fsp3) is 0.529. The largest absolute Gasteiger partial charge is 0.370 e. The van der Waals surface area contributed by atoms with Gasteiger partial charge in [0.25, 0.3) is 0 Å². The summed E-state index contributed by atoms with van der Waals surface area (Å²) in [4.78, 5) is 18.3. The molecule has 2 rings (SSSR count). The first-order valence-electron chi connectivity index (χ1n) is 7.90. The van der Waals surface area contributed by atoms with Gasteiger partial charge in [-0.2, -0.15) is 0 Å². The molecule has 0 aliphatic carbocycles. The zero-order chi connectivity index (χ0) is 16.1.